The molecule has 2 aromatic carbocycles. The Morgan fingerprint density at radius 1 is 1.03 bits per heavy atom. The average molecular weight is 386 g/mol. The van der Waals surface area contributed by atoms with Gasteiger partial charge in [0.1, 0.15) is 11.6 Å². The van der Waals surface area contributed by atoms with Crippen LogP contribution in [-0.2, 0) is 11.3 Å². The number of hydrogen-bond acceptors (Lipinski definition) is 4. The fraction of sp³-hybridized carbons (Fsp3) is 0.130. The SMILES string of the molecule is CN(CC(=O)Nc1cc(-c2ccccc2)nn1-c1ccccc1)Cc1ccco1. The monoisotopic (exact) mass is 386 g/mol. The minimum absolute atomic E-state index is 0.115. The summed E-state index contributed by atoms with van der Waals surface area (Å²) >= 11 is 0. The van der Waals surface area contributed by atoms with E-state index in [2.05, 4.69) is 5.32 Å². The molecule has 6 heteroatoms. The van der Waals surface area contributed by atoms with E-state index in [4.69, 9.17) is 9.52 Å². The van der Waals surface area contributed by atoms with Crippen LogP contribution in [0.15, 0.2) is 89.5 Å². The lowest BCUT2D eigenvalue weighted by Crippen LogP contribution is -2.30. The van der Waals surface area contributed by atoms with Gasteiger partial charge in [-0.05, 0) is 31.3 Å². The first-order chi connectivity index (χ1) is 14.2. The molecule has 0 saturated heterocycles. The highest BCUT2D eigenvalue weighted by Gasteiger charge is 2.15. The summed E-state index contributed by atoms with van der Waals surface area (Å²) in [5, 5.41) is 7.72. The quantitative estimate of drug-likeness (QED) is 0.517. The topological polar surface area (TPSA) is 63.3 Å². The van der Waals surface area contributed by atoms with Gasteiger partial charge in [-0.15, -0.1) is 0 Å². The van der Waals surface area contributed by atoms with E-state index in [-0.39, 0.29) is 12.5 Å². The number of anilines is 1. The average Bonchev–Trinajstić information content (AvgIpc) is 3.39. The van der Waals surface area contributed by atoms with E-state index in [1.54, 1.807) is 10.9 Å². The first kappa shape index (κ1) is 18.7. The Kier molecular flexibility index (Phi) is 5.54. The van der Waals surface area contributed by atoms with Gasteiger partial charge in [-0.25, -0.2) is 4.68 Å². The summed E-state index contributed by atoms with van der Waals surface area (Å²) in [7, 11) is 1.88. The van der Waals surface area contributed by atoms with E-state index in [0.29, 0.717) is 12.4 Å². The summed E-state index contributed by atoms with van der Waals surface area (Å²) < 4.78 is 7.10. The maximum Gasteiger partial charge on any atom is 0.239 e. The molecule has 4 rings (SSSR count). The van der Waals surface area contributed by atoms with Crippen LogP contribution in [0.4, 0.5) is 5.82 Å². The second kappa shape index (κ2) is 8.58. The van der Waals surface area contributed by atoms with Crippen LogP contribution in [0, 0.1) is 0 Å². The smallest absolute Gasteiger partial charge is 0.239 e. The van der Waals surface area contributed by atoms with Crippen molar-refractivity contribution in [1.82, 2.24) is 14.7 Å². The molecule has 4 aromatic rings. The second-order valence-corrected chi connectivity index (χ2v) is 6.83. The zero-order valence-electron chi connectivity index (χ0n) is 16.2. The molecule has 1 N–H and O–H groups in total. The molecule has 0 fully saturated rings. The zero-order chi connectivity index (χ0) is 20.1. The molecule has 0 aliphatic heterocycles. The van der Waals surface area contributed by atoms with Crippen LogP contribution in [0.2, 0.25) is 0 Å². The Labute approximate surface area is 169 Å². The van der Waals surface area contributed by atoms with Crippen LogP contribution in [0.1, 0.15) is 5.76 Å². The first-order valence-corrected chi connectivity index (χ1v) is 9.41. The third kappa shape index (κ3) is 4.62. The fourth-order valence-corrected chi connectivity index (χ4v) is 3.14. The van der Waals surface area contributed by atoms with Crippen molar-refractivity contribution in [2.45, 2.75) is 6.54 Å². The zero-order valence-corrected chi connectivity index (χ0v) is 16.2. The number of rotatable bonds is 7. The van der Waals surface area contributed by atoms with Crippen LogP contribution >= 0.6 is 0 Å². The van der Waals surface area contributed by atoms with Crippen LogP contribution in [0.5, 0.6) is 0 Å². The number of hydrogen-bond donors (Lipinski definition) is 1. The number of aromatic nitrogens is 2. The summed E-state index contributed by atoms with van der Waals surface area (Å²) in [5.74, 6) is 1.34. The Bertz CT molecular complexity index is 1060. The number of nitrogens with zero attached hydrogens (tertiary/aromatic N) is 3. The third-order valence-electron chi connectivity index (χ3n) is 4.47. The predicted octanol–water partition coefficient (Wildman–Crippen LogP) is 4.20. The van der Waals surface area contributed by atoms with Gasteiger partial charge in [-0.3, -0.25) is 9.69 Å². The third-order valence-corrected chi connectivity index (χ3v) is 4.47. The predicted molar refractivity (Wildman–Crippen MR) is 113 cm³/mol. The van der Waals surface area contributed by atoms with Gasteiger partial charge < -0.3 is 9.73 Å². The number of benzene rings is 2. The van der Waals surface area contributed by atoms with Gasteiger partial charge in [0.2, 0.25) is 5.91 Å². The van der Waals surface area contributed by atoms with Crippen molar-refractivity contribution in [2.75, 3.05) is 18.9 Å². The summed E-state index contributed by atoms with van der Waals surface area (Å²) in [5.41, 5.74) is 2.68. The molecule has 0 aliphatic carbocycles. The molecule has 0 aliphatic rings. The number of carbonyl (C=O) groups is 1. The summed E-state index contributed by atoms with van der Waals surface area (Å²) in [6.07, 6.45) is 1.63. The Balaban J connectivity index is 1.55. The van der Waals surface area contributed by atoms with Gasteiger partial charge >= 0.3 is 0 Å². The summed E-state index contributed by atoms with van der Waals surface area (Å²) in [6.45, 7) is 0.801. The lowest BCUT2D eigenvalue weighted by molar-refractivity contribution is -0.117. The minimum Gasteiger partial charge on any atom is -0.468 e. The van der Waals surface area contributed by atoms with Crippen LogP contribution < -0.4 is 5.32 Å². The van der Waals surface area contributed by atoms with E-state index in [1.807, 2.05) is 90.8 Å². The number of nitrogens with one attached hydrogen (secondary N) is 1. The molecule has 2 aromatic heterocycles. The van der Waals surface area contributed by atoms with Gasteiger partial charge in [0, 0.05) is 11.6 Å². The lowest BCUT2D eigenvalue weighted by atomic mass is 10.1. The fourth-order valence-electron chi connectivity index (χ4n) is 3.14. The molecule has 6 nitrogen and oxygen atoms in total. The van der Waals surface area contributed by atoms with E-state index in [0.717, 1.165) is 22.7 Å². The molecule has 29 heavy (non-hydrogen) atoms. The van der Waals surface area contributed by atoms with Gasteiger partial charge in [0.05, 0.1) is 30.7 Å². The molecule has 1 amide bonds. The van der Waals surface area contributed by atoms with Crippen molar-refractivity contribution in [2.24, 2.45) is 0 Å². The molecular formula is C23H22N4O2. The van der Waals surface area contributed by atoms with Crippen LogP contribution in [-0.4, -0.2) is 34.2 Å². The van der Waals surface area contributed by atoms with Gasteiger partial charge in [-0.2, -0.15) is 5.10 Å². The number of para-hydroxylation sites is 1. The number of carbonyl (C=O) groups excluding carboxylic acids is 1. The van der Waals surface area contributed by atoms with Crippen molar-refractivity contribution in [1.29, 1.82) is 0 Å². The highest BCUT2D eigenvalue weighted by Crippen LogP contribution is 2.24. The van der Waals surface area contributed by atoms with Crippen molar-refractivity contribution in [3.8, 4) is 16.9 Å². The van der Waals surface area contributed by atoms with E-state index in [1.165, 1.54) is 0 Å². The van der Waals surface area contributed by atoms with Crippen molar-refractivity contribution >= 4 is 11.7 Å². The van der Waals surface area contributed by atoms with Crippen LogP contribution in [0.25, 0.3) is 16.9 Å². The highest BCUT2D eigenvalue weighted by atomic mass is 16.3. The number of amides is 1. The van der Waals surface area contributed by atoms with E-state index >= 15 is 0 Å². The normalized spacial score (nSPS) is 11.0. The molecule has 0 atom stereocenters. The Hall–Kier alpha value is -3.64. The molecule has 0 saturated carbocycles. The molecule has 0 radical (unpaired) electrons. The van der Waals surface area contributed by atoms with Gasteiger partial charge in [-0.1, -0.05) is 48.5 Å². The second-order valence-electron chi connectivity index (χ2n) is 6.83. The lowest BCUT2D eigenvalue weighted by Gasteiger charge is -2.15. The van der Waals surface area contributed by atoms with Crippen molar-refractivity contribution < 1.29 is 9.21 Å². The number of furan rings is 1. The van der Waals surface area contributed by atoms with Gasteiger partial charge in [0.15, 0.2) is 0 Å². The van der Waals surface area contributed by atoms with Crippen LogP contribution in [0.3, 0.4) is 0 Å². The standard InChI is InChI=1S/C23H22N4O2/c1-26(16-20-13-8-14-29-20)17-23(28)24-22-15-21(18-9-4-2-5-10-18)25-27(22)19-11-6-3-7-12-19/h2-15H,16-17H2,1H3,(H,24,28). The molecular weight excluding hydrogens is 364 g/mol. The molecule has 146 valence electrons. The summed E-state index contributed by atoms with van der Waals surface area (Å²) in [6, 6.07) is 25.3. The highest BCUT2D eigenvalue weighted by molar-refractivity contribution is 5.92. The minimum atomic E-state index is -0.115. The summed E-state index contributed by atoms with van der Waals surface area (Å²) in [4.78, 5) is 14.6. The van der Waals surface area contributed by atoms with E-state index < -0.39 is 0 Å². The van der Waals surface area contributed by atoms with E-state index in [9.17, 15) is 4.79 Å². The molecule has 0 spiro atoms. The number of likely N-dealkylation sites (N-methyl/N-ethyl adjacent to an activating group) is 1. The molecule has 2 heterocycles. The Morgan fingerprint density at radius 2 is 1.76 bits per heavy atom. The maximum atomic E-state index is 12.7. The van der Waals surface area contributed by atoms with Crippen molar-refractivity contribution in [3.63, 3.8) is 0 Å². The molecule has 0 unspecified atom stereocenters. The Morgan fingerprint density at radius 3 is 2.45 bits per heavy atom. The molecule has 0 bridgehead atoms. The largest absolute Gasteiger partial charge is 0.468 e. The van der Waals surface area contributed by atoms with Crippen molar-refractivity contribution in [3.05, 3.63) is 90.9 Å². The van der Waals surface area contributed by atoms with Gasteiger partial charge in [0.25, 0.3) is 0 Å². The maximum absolute atomic E-state index is 12.7. The first-order valence-electron chi connectivity index (χ1n) is 9.41.